The van der Waals surface area contributed by atoms with Gasteiger partial charge in [0.1, 0.15) is 36.6 Å². The third kappa shape index (κ3) is 6.48. The summed E-state index contributed by atoms with van der Waals surface area (Å²) < 4.78 is 34.4. The zero-order valence-electron chi connectivity index (χ0n) is 35.2. The Morgan fingerprint density at radius 1 is 0.737 bits per heavy atom. The number of methoxy groups -OCH3 is 2. The molecule has 7 rings (SSSR count). The molecule has 0 unspecified atom stereocenters. The normalized spacial score (nSPS) is 51.5. The molecule has 0 radical (unpaired) electrons. The molecule has 5 aliphatic carbocycles. The predicted molar refractivity (Wildman–Crippen MR) is 203 cm³/mol. The highest BCUT2D eigenvalue weighted by Gasteiger charge is 2.71. The smallest absolute Gasteiger partial charge is 0.337 e. The molecule has 6 N–H and O–H groups in total. The summed E-state index contributed by atoms with van der Waals surface area (Å²) in [7, 11) is 2.64. The first-order valence-electron chi connectivity index (χ1n) is 21.1. The van der Waals surface area contributed by atoms with Crippen molar-refractivity contribution in [3.8, 4) is 0 Å². The average molecular weight is 809 g/mol. The van der Waals surface area contributed by atoms with Gasteiger partial charge in [0, 0.05) is 0 Å². The quantitative estimate of drug-likeness (QED) is 0.130. The monoisotopic (exact) mass is 808 g/mol. The highest BCUT2D eigenvalue weighted by Crippen LogP contribution is 2.76. The van der Waals surface area contributed by atoms with Crippen LogP contribution in [0.5, 0.6) is 0 Å². The molecule has 0 bridgehead atoms. The number of ether oxygens (including phenoxy) is 6. The number of allylic oxidation sites excluding steroid dienone is 2. The number of carbonyl (C=O) groups excluding carboxylic acids is 2. The molecular weight excluding hydrogens is 740 g/mol. The van der Waals surface area contributed by atoms with Crippen LogP contribution in [0.2, 0.25) is 0 Å². The van der Waals surface area contributed by atoms with Gasteiger partial charge in [-0.15, -0.1) is 0 Å². The van der Waals surface area contributed by atoms with Crippen molar-refractivity contribution in [3.63, 3.8) is 0 Å². The lowest BCUT2D eigenvalue weighted by Crippen LogP contribution is -2.69. The maximum Gasteiger partial charge on any atom is 0.337 e. The number of aliphatic hydroxyl groups excluding tert-OH is 6. The summed E-state index contributed by atoms with van der Waals surface area (Å²) in [6, 6.07) is 0. The molecule has 18 atom stereocenters. The van der Waals surface area contributed by atoms with Crippen molar-refractivity contribution < 1.29 is 68.6 Å². The Hall–Kier alpha value is -1.72. The molecule has 0 amide bonds. The van der Waals surface area contributed by atoms with Crippen LogP contribution in [-0.2, 0) is 38.0 Å². The maximum atomic E-state index is 13.7. The van der Waals surface area contributed by atoms with E-state index in [9.17, 15) is 40.2 Å². The average Bonchev–Trinajstić information content (AvgIpc) is 3.15. The van der Waals surface area contributed by atoms with E-state index in [-0.39, 0.29) is 52.0 Å². The van der Waals surface area contributed by atoms with Gasteiger partial charge in [0.05, 0.1) is 38.4 Å². The lowest BCUT2D eigenvalue weighted by Gasteiger charge is -2.71. The van der Waals surface area contributed by atoms with Crippen LogP contribution in [0.1, 0.15) is 106 Å². The largest absolute Gasteiger partial charge is 0.469 e. The fourth-order valence-electron chi connectivity index (χ4n) is 13.8. The van der Waals surface area contributed by atoms with Crippen LogP contribution in [0.3, 0.4) is 0 Å². The van der Waals surface area contributed by atoms with Crippen molar-refractivity contribution in [3.05, 3.63) is 11.6 Å². The minimum Gasteiger partial charge on any atom is -0.469 e. The summed E-state index contributed by atoms with van der Waals surface area (Å²) in [5.74, 6) is -0.639. The first-order chi connectivity index (χ1) is 26.5. The summed E-state index contributed by atoms with van der Waals surface area (Å²) in [5, 5.41) is 65.6. The van der Waals surface area contributed by atoms with E-state index >= 15 is 0 Å². The van der Waals surface area contributed by atoms with Crippen molar-refractivity contribution in [2.45, 2.75) is 174 Å². The Kier molecular flexibility index (Phi) is 11.2. The summed E-state index contributed by atoms with van der Waals surface area (Å²) in [4.78, 5) is 26.4. The number of rotatable bonds is 6. The fourth-order valence-corrected chi connectivity index (χ4v) is 13.8. The highest BCUT2D eigenvalue weighted by molar-refractivity contribution is 5.78. The van der Waals surface area contributed by atoms with Gasteiger partial charge in [-0.05, 0) is 103 Å². The van der Waals surface area contributed by atoms with Crippen molar-refractivity contribution in [1.29, 1.82) is 0 Å². The number of aliphatic hydroxyl groups is 6. The Morgan fingerprint density at radius 2 is 1.42 bits per heavy atom. The van der Waals surface area contributed by atoms with E-state index in [4.69, 9.17) is 28.4 Å². The molecule has 6 fully saturated rings. The van der Waals surface area contributed by atoms with E-state index in [2.05, 4.69) is 54.5 Å². The molecule has 0 spiro atoms. The minimum atomic E-state index is -1.81. The molecular formula is C43H68O14. The van der Waals surface area contributed by atoms with Gasteiger partial charge >= 0.3 is 11.9 Å². The van der Waals surface area contributed by atoms with E-state index in [1.807, 2.05) is 0 Å². The standard InChI is InChI=1S/C43H68O14/c1-38(2)14-16-43(37(51)53-9)17-15-41(6)21(22(43)18-38)10-11-26-40(5)19-23(44)33(39(3,4)25(40)12-13-42(26,41)7)57-36-32(29(48)28(47)31(55-36)34(50)52-8)56-35-30(49)27(46)24(45)20-54-35/h10,22-33,35-36,44-49H,11-20H2,1-9H3/t22-,23+,24-,25-,26+,27-,28-,29-,30+,31-,32+,33-,35-,36-,40-,41+,42+,43-/m0/s1. The Morgan fingerprint density at radius 3 is 2.09 bits per heavy atom. The number of hydrogen-bond donors (Lipinski definition) is 6. The van der Waals surface area contributed by atoms with Gasteiger partial charge in [0.15, 0.2) is 18.7 Å². The molecule has 0 aromatic rings. The van der Waals surface area contributed by atoms with Gasteiger partial charge in [-0.25, -0.2) is 4.79 Å². The zero-order chi connectivity index (χ0) is 41.8. The van der Waals surface area contributed by atoms with E-state index in [0.29, 0.717) is 6.42 Å². The van der Waals surface area contributed by atoms with Crippen molar-refractivity contribution in [2.75, 3.05) is 20.8 Å². The summed E-state index contributed by atoms with van der Waals surface area (Å²) in [6.45, 7) is 15.6. The van der Waals surface area contributed by atoms with E-state index < -0.39 is 84.3 Å². The van der Waals surface area contributed by atoms with Crippen LogP contribution in [-0.4, -0.2) is 131 Å². The number of carbonyl (C=O) groups is 2. The second-order valence-corrected chi connectivity index (χ2v) is 20.8. The SMILES string of the molecule is COC(=O)[C@H]1O[C@@H](O[C@H]2[C@H](O)C[C@]3(C)[C@H]4CC=C5[C@@H]6CC(C)(C)CC[C@]6(C(=O)OC)CC[C@@]5(C)[C@]4(C)CC[C@H]3C2(C)C)[C@H](O[C@@H]2OC[C@H](O)[C@H](O)[C@H]2O)[C@@H](O)[C@@H]1O. The minimum absolute atomic E-state index is 0.0661. The molecule has 7 aliphatic rings. The maximum absolute atomic E-state index is 13.7. The second-order valence-electron chi connectivity index (χ2n) is 20.8. The Labute approximate surface area is 336 Å². The van der Waals surface area contributed by atoms with E-state index in [1.165, 1.54) is 12.7 Å². The summed E-state index contributed by atoms with van der Waals surface area (Å²) >= 11 is 0. The lowest BCUT2D eigenvalue weighted by atomic mass is 9.33. The first-order valence-corrected chi connectivity index (χ1v) is 21.1. The predicted octanol–water partition coefficient (Wildman–Crippen LogP) is 2.76. The molecule has 4 saturated carbocycles. The molecule has 0 aromatic heterocycles. The molecule has 57 heavy (non-hydrogen) atoms. The van der Waals surface area contributed by atoms with Gasteiger partial charge in [0.25, 0.3) is 0 Å². The van der Waals surface area contributed by atoms with Crippen molar-refractivity contribution in [1.82, 2.24) is 0 Å². The van der Waals surface area contributed by atoms with Gasteiger partial charge in [-0.2, -0.15) is 0 Å². The van der Waals surface area contributed by atoms with Crippen molar-refractivity contribution in [2.24, 2.45) is 50.2 Å². The topological polar surface area (TPSA) is 211 Å². The van der Waals surface area contributed by atoms with Crippen LogP contribution in [0.25, 0.3) is 0 Å². The first kappa shape index (κ1) is 43.4. The highest BCUT2D eigenvalue weighted by atomic mass is 16.8. The molecule has 2 heterocycles. The number of esters is 2. The van der Waals surface area contributed by atoms with Crippen LogP contribution in [0.4, 0.5) is 0 Å². The van der Waals surface area contributed by atoms with Crippen molar-refractivity contribution >= 4 is 11.9 Å². The third-order valence-electron chi connectivity index (χ3n) is 17.1. The second kappa shape index (κ2) is 14.7. The molecule has 2 saturated heterocycles. The fraction of sp³-hybridized carbons (Fsp3) is 0.907. The zero-order valence-corrected chi connectivity index (χ0v) is 35.2. The van der Waals surface area contributed by atoms with Gasteiger partial charge in [-0.3, -0.25) is 4.79 Å². The molecule has 324 valence electrons. The molecule has 0 aromatic carbocycles. The van der Waals surface area contributed by atoms with E-state index in [1.54, 1.807) is 0 Å². The Balaban J connectivity index is 1.19. The van der Waals surface area contributed by atoms with Crippen LogP contribution in [0.15, 0.2) is 11.6 Å². The summed E-state index contributed by atoms with van der Waals surface area (Å²) in [5.41, 5.74) is -0.260. The van der Waals surface area contributed by atoms with Crippen LogP contribution in [0, 0.1) is 50.2 Å². The molecule has 14 nitrogen and oxygen atoms in total. The third-order valence-corrected chi connectivity index (χ3v) is 17.1. The molecule has 2 aliphatic heterocycles. The molecule has 14 heteroatoms. The summed E-state index contributed by atoms with van der Waals surface area (Å²) in [6.07, 6.45) is -6.61. The number of fused-ring (bicyclic) bond motifs is 7. The van der Waals surface area contributed by atoms with Gasteiger partial charge in [0.2, 0.25) is 0 Å². The van der Waals surface area contributed by atoms with Crippen LogP contribution >= 0.6 is 0 Å². The van der Waals surface area contributed by atoms with Gasteiger partial charge in [-0.1, -0.05) is 60.1 Å². The number of hydrogen-bond acceptors (Lipinski definition) is 14. The van der Waals surface area contributed by atoms with Gasteiger partial charge < -0.3 is 59.1 Å². The van der Waals surface area contributed by atoms with Crippen LogP contribution < -0.4 is 0 Å². The lowest BCUT2D eigenvalue weighted by molar-refractivity contribution is -0.371. The van der Waals surface area contributed by atoms with E-state index in [0.717, 1.165) is 58.5 Å². The Bertz CT molecular complexity index is 1580.